The van der Waals surface area contributed by atoms with Crippen LogP contribution in [0.3, 0.4) is 0 Å². The molecular formula is C19H33N3O2. The summed E-state index contributed by atoms with van der Waals surface area (Å²) in [5.41, 5.74) is 7.23. The van der Waals surface area contributed by atoms with Gasteiger partial charge in [0, 0.05) is 25.7 Å². The second-order valence-corrected chi connectivity index (χ2v) is 6.81. The van der Waals surface area contributed by atoms with Crippen molar-refractivity contribution < 1.29 is 9.90 Å². The topological polar surface area (TPSA) is 78.6 Å². The van der Waals surface area contributed by atoms with Crippen molar-refractivity contribution in [1.29, 1.82) is 0 Å². The zero-order valence-electron chi connectivity index (χ0n) is 15.2. The number of benzene rings is 1. The molecule has 4 N–H and O–H groups in total. The van der Waals surface area contributed by atoms with E-state index in [0.717, 1.165) is 18.4 Å². The molecule has 2 amide bonds. The van der Waals surface area contributed by atoms with Crippen molar-refractivity contribution in [3.8, 4) is 0 Å². The maximum Gasteiger partial charge on any atom is 0.317 e. The van der Waals surface area contributed by atoms with E-state index >= 15 is 0 Å². The van der Waals surface area contributed by atoms with E-state index in [1.165, 1.54) is 0 Å². The number of hydrogen-bond donors (Lipinski definition) is 3. The summed E-state index contributed by atoms with van der Waals surface area (Å²) in [6.07, 6.45) is 1.84. The maximum atomic E-state index is 12.3. The molecule has 0 radical (unpaired) electrons. The molecule has 136 valence electrons. The lowest BCUT2D eigenvalue weighted by atomic mass is 10.0. The molecular weight excluding hydrogens is 302 g/mol. The van der Waals surface area contributed by atoms with Gasteiger partial charge in [0.1, 0.15) is 0 Å². The van der Waals surface area contributed by atoms with Gasteiger partial charge in [-0.1, -0.05) is 57.5 Å². The summed E-state index contributed by atoms with van der Waals surface area (Å²) in [5.74, 6) is 0.333. The van der Waals surface area contributed by atoms with Gasteiger partial charge in [-0.15, -0.1) is 0 Å². The molecule has 0 aromatic heterocycles. The van der Waals surface area contributed by atoms with Crippen molar-refractivity contribution in [3.63, 3.8) is 0 Å². The molecule has 0 saturated carbocycles. The minimum atomic E-state index is -0.749. The monoisotopic (exact) mass is 335 g/mol. The third-order valence-corrected chi connectivity index (χ3v) is 3.90. The van der Waals surface area contributed by atoms with Gasteiger partial charge in [-0.3, -0.25) is 0 Å². The zero-order valence-corrected chi connectivity index (χ0v) is 15.2. The number of hydrogen-bond acceptors (Lipinski definition) is 3. The normalized spacial score (nSPS) is 13.6. The van der Waals surface area contributed by atoms with Crippen LogP contribution in [0.4, 0.5) is 4.79 Å². The number of nitrogens with two attached hydrogens (primary N) is 1. The van der Waals surface area contributed by atoms with E-state index in [9.17, 15) is 9.90 Å². The summed E-state index contributed by atoms with van der Waals surface area (Å²) in [7, 11) is 0. The number of rotatable bonds is 10. The van der Waals surface area contributed by atoms with Crippen LogP contribution in [-0.2, 0) is 6.42 Å². The van der Waals surface area contributed by atoms with E-state index < -0.39 is 12.1 Å². The minimum Gasteiger partial charge on any atom is -0.390 e. The number of carbonyl (C=O) groups excluding carboxylic acids is 1. The SMILES string of the molecule is CCCCNC(=O)N(CC(C)C)C[C@@H](O)[C@@H](N)Cc1ccccc1. The molecule has 5 heteroatoms. The first-order valence-corrected chi connectivity index (χ1v) is 8.94. The van der Waals surface area contributed by atoms with Crippen LogP contribution in [0.25, 0.3) is 0 Å². The Hall–Kier alpha value is -1.59. The van der Waals surface area contributed by atoms with E-state index in [4.69, 9.17) is 5.73 Å². The molecule has 0 bridgehead atoms. The number of aliphatic hydroxyl groups is 1. The molecule has 1 aromatic rings. The number of carbonyl (C=O) groups is 1. The fourth-order valence-corrected chi connectivity index (χ4v) is 2.55. The van der Waals surface area contributed by atoms with Crippen molar-refractivity contribution in [2.45, 2.75) is 52.2 Å². The number of amides is 2. The molecule has 0 saturated heterocycles. The molecule has 0 unspecified atom stereocenters. The van der Waals surface area contributed by atoms with Crippen LogP contribution in [0.5, 0.6) is 0 Å². The van der Waals surface area contributed by atoms with E-state index in [-0.39, 0.29) is 12.6 Å². The second-order valence-electron chi connectivity index (χ2n) is 6.81. The van der Waals surface area contributed by atoms with Gasteiger partial charge < -0.3 is 21.1 Å². The molecule has 24 heavy (non-hydrogen) atoms. The van der Waals surface area contributed by atoms with Gasteiger partial charge in [0.25, 0.3) is 0 Å². The first-order chi connectivity index (χ1) is 11.4. The number of nitrogens with zero attached hydrogens (tertiary/aromatic N) is 1. The number of urea groups is 1. The Morgan fingerprint density at radius 3 is 2.50 bits per heavy atom. The molecule has 0 fully saturated rings. The fraction of sp³-hybridized carbons (Fsp3) is 0.632. The third kappa shape index (κ3) is 7.79. The maximum absolute atomic E-state index is 12.3. The summed E-state index contributed by atoms with van der Waals surface area (Å²) >= 11 is 0. The van der Waals surface area contributed by atoms with Crippen LogP contribution < -0.4 is 11.1 Å². The standard InChI is InChI=1S/C19H33N3O2/c1-4-5-11-21-19(24)22(13-15(2)3)14-18(23)17(20)12-16-9-7-6-8-10-16/h6-10,15,17-18,23H,4-5,11-14,20H2,1-3H3,(H,21,24)/t17-,18+/m0/s1. The van der Waals surface area contributed by atoms with Crippen molar-refractivity contribution >= 4 is 6.03 Å². The molecule has 0 aliphatic heterocycles. The van der Waals surface area contributed by atoms with E-state index in [1.54, 1.807) is 4.90 Å². The minimum absolute atomic E-state index is 0.122. The van der Waals surface area contributed by atoms with Gasteiger partial charge in [0.05, 0.1) is 6.10 Å². The summed E-state index contributed by atoms with van der Waals surface area (Å²) in [6, 6.07) is 9.34. The van der Waals surface area contributed by atoms with Crippen molar-refractivity contribution in [3.05, 3.63) is 35.9 Å². The van der Waals surface area contributed by atoms with Gasteiger partial charge in [-0.05, 0) is 24.3 Å². The molecule has 1 aromatic carbocycles. The highest BCUT2D eigenvalue weighted by atomic mass is 16.3. The lowest BCUT2D eigenvalue weighted by molar-refractivity contribution is 0.0958. The average Bonchev–Trinajstić information content (AvgIpc) is 2.54. The zero-order chi connectivity index (χ0) is 17.9. The van der Waals surface area contributed by atoms with Crippen LogP contribution in [0.15, 0.2) is 30.3 Å². The van der Waals surface area contributed by atoms with Gasteiger partial charge >= 0.3 is 6.03 Å². The number of unbranched alkanes of at least 4 members (excludes halogenated alkanes) is 1. The molecule has 0 heterocycles. The number of aliphatic hydroxyl groups excluding tert-OH is 1. The Morgan fingerprint density at radius 1 is 1.25 bits per heavy atom. The predicted octanol–water partition coefficient (Wildman–Crippen LogP) is 2.39. The molecule has 1 rings (SSSR count). The van der Waals surface area contributed by atoms with Crippen LogP contribution in [0.1, 0.15) is 39.2 Å². The van der Waals surface area contributed by atoms with E-state index in [0.29, 0.717) is 25.4 Å². The molecule has 5 nitrogen and oxygen atoms in total. The summed E-state index contributed by atoms with van der Waals surface area (Å²) in [5, 5.41) is 13.4. The van der Waals surface area contributed by atoms with E-state index in [1.807, 2.05) is 30.3 Å². The Balaban J connectivity index is 2.58. The Bertz CT molecular complexity index is 465. The van der Waals surface area contributed by atoms with Crippen molar-refractivity contribution in [2.24, 2.45) is 11.7 Å². The second kappa shape index (κ2) is 11.0. The van der Waals surface area contributed by atoms with Gasteiger partial charge in [0.2, 0.25) is 0 Å². The van der Waals surface area contributed by atoms with Crippen molar-refractivity contribution in [1.82, 2.24) is 10.2 Å². The van der Waals surface area contributed by atoms with Crippen molar-refractivity contribution in [2.75, 3.05) is 19.6 Å². The highest BCUT2D eigenvalue weighted by molar-refractivity contribution is 5.74. The van der Waals surface area contributed by atoms with Crippen LogP contribution in [-0.4, -0.2) is 47.8 Å². The lowest BCUT2D eigenvalue weighted by Crippen LogP contribution is -2.50. The summed E-state index contributed by atoms with van der Waals surface area (Å²) in [4.78, 5) is 14.0. The average molecular weight is 335 g/mol. The summed E-state index contributed by atoms with van der Waals surface area (Å²) in [6.45, 7) is 7.73. The Labute approximate surface area is 146 Å². The Kier molecular flexibility index (Phi) is 9.42. The Morgan fingerprint density at radius 2 is 1.92 bits per heavy atom. The van der Waals surface area contributed by atoms with Gasteiger partial charge in [-0.2, -0.15) is 0 Å². The van der Waals surface area contributed by atoms with Crippen LogP contribution >= 0.6 is 0 Å². The molecule has 0 aliphatic carbocycles. The largest absolute Gasteiger partial charge is 0.390 e. The molecule has 0 aliphatic rings. The van der Waals surface area contributed by atoms with Gasteiger partial charge in [0.15, 0.2) is 0 Å². The third-order valence-electron chi connectivity index (χ3n) is 3.90. The smallest absolute Gasteiger partial charge is 0.317 e. The highest BCUT2D eigenvalue weighted by Crippen LogP contribution is 2.08. The lowest BCUT2D eigenvalue weighted by Gasteiger charge is -2.29. The molecule has 0 spiro atoms. The summed E-state index contributed by atoms with van der Waals surface area (Å²) < 4.78 is 0. The van der Waals surface area contributed by atoms with Crippen LogP contribution in [0, 0.1) is 5.92 Å². The first kappa shape index (κ1) is 20.5. The fourth-order valence-electron chi connectivity index (χ4n) is 2.55. The predicted molar refractivity (Wildman–Crippen MR) is 98.8 cm³/mol. The van der Waals surface area contributed by atoms with Gasteiger partial charge in [-0.25, -0.2) is 4.79 Å². The first-order valence-electron chi connectivity index (χ1n) is 8.94. The van der Waals surface area contributed by atoms with E-state index in [2.05, 4.69) is 26.1 Å². The number of nitrogens with one attached hydrogen (secondary N) is 1. The quantitative estimate of drug-likeness (QED) is 0.575. The highest BCUT2D eigenvalue weighted by Gasteiger charge is 2.22. The molecule has 2 atom stereocenters. The van der Waals surface area contributed by atoms with Crippen LogP contribution in [0.2, 0.25) is 0 Å².